The molecule has 1 atom stereocenters. The van der Waals surface area contributed by atoms with Crippen molar-refractivity contribution < 1.29 is 4.74 Å². The third-order valence-corrected chi connectivity index (χ3v) is 6.06. The SMILES string of the molecule is CCNC(C1CCC(CC)CC1)C1(OCC)CCCCC1. The van der Waals surface area contributed by atoms with Crippen LogP contribution in [0.15, 0.2) is 0 Å². The molecule has 2 aliphatic carbocycles. The van der Waals surface area contributed by atoms with Gasteiger partial charge in [0.15, 0.2) is 0 Å². The molecule has 2 nitrogen and oxygen atoms in total. The van der Waals surface area contributed by atoms with Gasteiger partial charge in [-0.3, -0.25) is 0 Å². The summed E-state index contributed by atoms with van der Waals surface area (Å²) in [7, 11) is 0. The van der Waals surface area contributed by atoms with Gasteiger partial charge in [-0.2, -0.15) is 0 Å². The molecular weight excluding hydrogens is 258 g/mol. The van der Waals surface area contributed by atoms with E-state index in [1.807, 2.05) is 0 Å². The molecule has 2 heteroatoms. The Hall–Kier alpha value is -0.0800. The van der Waals surface area contributed by atoms with E-state index in [-0.39, 0.29) is 5.60 Å². The number of hydrogen-bond acceptors (Lipinski definition) is 2. The Morgan fingerprint density at radius 2 is 1.67 bits per heavy atom. The summed E-state index contributed by atoms with van der Waals surface area (Å²) in [5, 5.41) is 3.86. The van der Waals surface area contributed by atoms with E-state index in [0.717, 1.165) is 25.0 Å². The molecule has 0 heterocycles. The van der Waals surface area contributed by atoms with E-state index in [0.29, 0.717) is 6.04 Å². The molecule has 0 bridgehead atoms. The van der Waals surface area contributed by atoms with Crippen molar-refractivity contribution in [3.05, 3.63) is 0 Å². The molecule has 0 aromatic carbocycles. The lowest BCUT2D eigenvalue weighted by Crippen LogP contribution is -2.57. The Bertz CT molecular complexity index is 272. The van der Waals surface area contributed by atoms with Gasteiger partial charge in [0.1, 0.15) is 0 Å². The zero-order valence-corrected chi connectivity index (χ0v) is 14.6. The van der Waals surface area contributed by atoms with Crippen molar-refractivity contribution in [1.82, 2.24) is 5.32 Å². The molecule has 2 saturated carbocycles. The van der Waals surface area contributed by atoms with Crippen LogP contribution in [0.1, 0.15) is 85.0 Å². The lowest BCUT2D eigenvalue weighted by atomic mass is 9.68. The summed E-state index contributed by atoms with van der Waals surface area (Å²) in [5.41, 5.74) is 0.132. The molecule has 124 valence electrons. The quantitative estimate of drug-likeness (QED) is 0.720. The van der Waals surface area contributed by atoms with Crippen LogP contribution in [0.3, 0.4) is 0 Å². The fourth-order valence-corrected chi connectivity index (χ4v) is 4.91. The Morgan fingerprint density at radius 1 is 1.00 bits per heavy atom. The van der Waals surface area contributed by atoms with E-state index in [4.69, 9.17) is 4.74 Å². The third kappa shape index (κ3) is 4.22. The molecule has 0 saturated heterocycles. The maximum atomic E-state index is 6.43. The van der Waals surface area contributed by atoms with Crippen molar-refractivity contribution in [2.24, 2.45) is 11.8 Å². The van der Waals surface area contributed by atoms with E-state index in [1.165, 1.54) is 64.2 Å². The molecule has 0 spiro atoms. The highest BCUT2D eigenvalue weighted by atomic mass is 16.5. The number of rotatable bonds is 7. The first-order valence-corrected chi connectivity index (χ1v) is 9.63. The highest BCUT2D eigenvalue weighted by molar-refractivity contribution is 4.99. The number of likely N-dealkylation sites (N-methyl/N-ethyl adjacent to an activating group) is 1. The van der Waals surface area contributed by atoms with Crippen LogP contribution in [0.2, 0.25) is 0 Å². The van der Waals surface area contributed by atoms with E-state index >= 15 is 0 Å². The van der Waals surface area contributed by atoms with Crippen LogP contribution in [-0.4, -0.2) is 24.8 Å². The van der Waals surface area contributed by atoms with Gasteiger partial charge in [0.25, 0.3) is 0 Å². The second-order valence-electron chi connectivity index (χ2n) is 7.28. The van der Waals surface area contributed by atoms with Gasteiger partial charge in [0.2, 0.25) is 0 Å². The van der Waals surface area contributed by atoms with E-state index in [2.05, 4.69) is 26.1 Å². The Labute approximate surface area is 132 Å². The maximum absolute atomic E-state index is 6.43. The van der Waals surface area contributed by atoms with Gasteiger partial charge in [-0.15, -0.1) is 0 Å². The van der Waals surface area contributed by atoms with Crippen LogP contribution < -0.4 is 5.32 Å². The standard InChI is InChI=1S/C19H37NO/c1-4-16-10-12-17(13-11-16)18(20-5-2)19(21-6-3)14-8-7-9-15-19/h16-18,20H,4-15H2,1-3H3. The minimum Gasteiger partial charge on any atom is -0.374 e. The fraction of sp³-hybridized carbons (Fsp3) is 1.00. The molecule has 2 fully saturated rings. The zero-order valence-electron chi connectivity index (χ0n) is 14.6. The second kappa shape index (κ2) is 8.53. The van der Waals surface area contributed by atoms with Gasteiger partial charge in [-0.1, -0.05) is 52.4 Å². The average molecular weight is 296 g/mol. The maximum Gasteiger partial charge on any atom is 0.0837 e. The first kappa shape index (κ1) is 17.3. The van der Waals surface area contributed by atoms with Crippen LogP contribution in [-0.2, 0) is 4.74 Å². The zero-order chi connectivity index (χ0) is 15.1. The first-order valence-electron chi connectivity index (χ1n) is 9.63. The van der Waals surface area contributed by atoms with Crippen molar-refractivity contribution in [3.8, 4) is 0 Å². The lowest BCUT2D eigenvalue weighted by Gasteiger charge is -2.48. The number of nitrogens with one attached hydrogen (secondary N) is 1. The molecule has 0 aromatic rings. The second-order valence-corrected chi connectivity index (χ2v) is 7.28. The number of ether oxygens (including phenoxy) is 1. The van der Waals surface area contributed by atoms with Crippen molar-refractivity contribution in [2.45, 2.75) is 96.6 Å². The molecule has 0 aliphatic heterocycles. The predicted octanol–water partition coefficient (Wildman–Crippen LogP) is 4.92. The normalized spacial score (nSPS) is 31.0. The summed E-state index contributed by atoms with van der Waals surface area (Å²) in [6, 6.07) is 0.584. The van der Waals surface area contributed by atoms with Gasteiger partial charge in [-0.05, 0) is 51.0 Å². The summed E-state index contributed by atoms with van der Waals surface area (Å²) >= 11 is 0. The van der Waals surface area contributed by atoms with Crippen LogP contribution in [0, 0.1) is 11.8 Å². The van der Waals surface area contributed by atoms with Gasteiger partial charge in [0.05, 0.1) is 5.60 Å². The van der Waals surface area contributed by atoms with Gasteiger partial charge < -0.3 is 10.1 Å². The third-order valence-electron chi connectivity index (χ3n) is 6.06. The molecule has 1 unspecified atom stereocenters. The molecule has 0 aromatic heterocycles. The van der Waals surface area contributed by atoms with Crippen LogP contribution in [0.4, 0.5) is 0 Å². The van der Waals surface area contributed by atoms with Crippen molar-refractivity contribution >= 4 is 0 Å². The highest BCUT2D eigenvalue weighted by Gasteiger charge is 2.44. The Balaban J connectivity index is 2.08. The van der Waals surface area contributed by atoms with Crippen molar-refractivity contribution in [3.63, 3.8) is 0 Å². The minimum absolute atomic E-state index is 0.132. The Kier molecular flexibility index (Phi) is 7.01. The lowest BCUT2D eigenvalue weighted by molar-refractivity contribution is -0.106. The highest BCUT2D eigenvalue weighted by Crippen LogP contribution is 2.42. The van der Waals surface area contributed by atoms with Crippen LogP contribution in [0.5, 0.6) is 0 Å². The first-order chi connectivity index (χ1) is 10.3. The monoisotopic (exact) mass is 295 g/mol. The summed E-state index contributed by atoms with van der Waals surface area (Å²) < 4.78 is 6.43. The van der Waals surface area contributed by atoms with E-state index in [1.54, 1.807) is 0 Å². The van der Waals surface area contributed by atoms with Crippen LogP contribution in [0.25, 0.3) is 0 Å². The largest absolute Gasteiger partial charge is 0.374 e. The predicted molar refractivity (Wildman–Crippen MR) is 90.6 cm³/mol. The summed E-state index contributed by atoms with van der Waals surface area (Å²) in [5.74, 6) is 1.82. The smallest absolute Gasteiger partial charge is 0.0837 e. The van der Waals surface area contributed by atoms with Gasteiger partial charge in [0, 0.05) is 12.6 Å². The molecule has 2 aliphatic rings. The topological polar surface area (TPSA) is 21.3 Å². The van der Waals surface area contributed by atoms with Gasteiger partial charge >= 0.3 is 0 Å². The fourth-order valence-electron chi connectivity index (χ4n) is 4.91. The van der Waals surface area contributed by atoms with Crippen molar-refractivity contribution in [1.29, 1.82) is 0 Å². The summed E-state index contributed by atoms with van der Waals surface area (Å²) in [6.07, 6.45) is 13.7. The Morgan fingerprint density at radius 3 is 2.19 bits per heavy atom. The molecule has 0 amide bonds. The average Bonchev–Trinajstić information content (AvgIpc) is 2.54. The van der Waals surface area contributed by atoms with Crippen molar-refractivity contribution in [2.75, 3.05) is 13.2 Å². The molecular formula is C19H37NO. The van der Waals surface area contributed by atoms with E-state index < -0.39 is 0 Å². The summed E-state index contributed by atoms with van der Waals surface area (Å²) in [4.78, 5) is 0. The molecule has 21 heavy (non-hydrogen) atoms. The minimum atomic E-state index is 0.132. The molecule has 2 rings (SSSR count). The van der Waals surface area contributed by atoms with Crippen LogP contribution >= 0.6 is 0 Å². The number of hydrogen-bond donors (Lipinski definition) is 1. The van der Waals surface area contributed by atoms with Gasteiger partial charge in [-0.25, -0.2) is 0 Å². The molecule has 1 N–H and O–H groups in total. The summed E-state index contributed by atoms with van der Waals surface area (Å²) in [6.45, 7) is 8.73. The van der Waals surface area contributed by atoms with E-state index in [9.17, 15) is 0 Å². The molecule has 0 radical (unpaired) electrons.